The highest BCUT2D eigenvalue weighted by atomic mass is 35.5. The second-order valence-electron chi connectivity index (χ2n) is 11.5. The standard InChI is InChI=1S/C33H43ClN6O9S.H2O/c34-24-5-1-22(2-6-24)11-13-38-14-16-39(17-15-38)31(46)23-3-7-25(8-4-23)40(18-19-41)32(47)29(30(45)37-21-28(43)44)50-20-12-36-27(42)10-9-26(35)33(48)49;/h1-8,26,29,41H,9-21,35H2,(H,36,42)(H,37,45)(H,43,44)(H,48,49);1H2/t26-,29?;/m1./s1. The van der Waals surface area contributed by atoms with Crippen LogP contribution in [0.4, 0.5) is 5.69 Å². The molecule has 0 aliphatic carbocycles. The van der Waals surface area contributed by atoms with Crippen molar-refractivity contribution in [3.05, 3.63) is 64.7 Å². The summed E-state index contributed by atoms with van der Waals surface area (Å²) in [4.78, 5) is 79.2. The number of carboxylic acids is 2. The third-order valence-corrected chi connectivity index (χ3v) is 9.33. The molecule has 0 saturated carbocycles. The van der Waals surface area contributed by atoms with Crippen molar-refractivity contribution in [3.63, 3.8) is 0 Å². The Bertz CT molecular complexity index is 1480. The van der Waals surface area contributed by atoms with Gasteiger partial charge in [0.25, 0.3) is 5.91 Å². The number of nitrogens with two attached hydrogens (primary N) is 1. The lowest BCUT2D eigenvalue weighted by molar-refractivity contribution is -0.139. The molecule has 1 aliphatic heterocycles. The Morgan fingerprint density at radius 1 is 0.941 bits per heavy atom. The molecule has 1 saturated heterocycles. The van der Waals surface area contributed by atoms with E-state index in [4.69, 9.17) is 27.5 Å². The van der Waals surface area contributed by atoms with Gasteiger partial charge in [0.1, 0.15) is 12.6 Å². The molecule has 2 aromatic rings. The molecule has 0 spiro atoms. The van der Waals surface area contributed by atoms with Gasteiger partial charge < -0.3 is 47.0 Å². The Kier molecular flexibility index (Phi) is 18.4. The fourth-order valence-electron chi connectivity index (χ4n) is 5.07. The lowest BCUT2D eigenvalue weighted by atomic mass is 10.1. The number of aliphatic hydroxyl groups is 1. The number of halogens is 1. The van der Waals surface area contributed by atoms with Gasteiger partial charge in [0.15, 0.2) is 5.25 Å². The quantitative estimate of drug-likeness (QED) is 0.0781. The van der Waals surface area contributed by atoms with Gasteiger partial charge in [-0.3, -0.25) is 33.7 Å². The summed E-state index contributed by atoms with van der Waals surface area (Å²) in [6.07, 6.45) is 0.665. The zero-order chi connectivity index (χ0) is 36.6. The van der Waals surface area contributed by atoms with Crippen molar-refractivity contribution in [1.82, 2.24) is 20.4 Å². The number of rotatable bonds is 19. The molecule has 1 fully saturated rings. The maximum Gasteiger partial charge on any atom is 0.322 e. The van der Waals surface area contributed by atoms with Crippen molar-refractivity contribution >= 4 is 64.6 Å². The van der Waals surface area contributed by atoms with Gasteiger partial charge in [0.05, 0.1) is 6.61 Å². The number of nitrogens with zero attached hydrogens (tertiary/aromatic N) is 3. The van der Waals surface area contributed by atoms with Crippen LogP contribution in [0.15, 0.2) is 48.5 Å². The predicted octanol–water partition coefficient (Wildman–Crippen LogP) is -0.548. The van der Waals surface area contributed by atoms with E-state index >= 15 is 0 Å². The van der Waals surface area contributed by atoms with Gasteiger partial charge >= 0.3 is 11.9 Å². The number of carboxylic acid groups (broad SMARTS) is 2. The molecule has 1 heterocycles. The molecule has 280 valence electrons. The van der Waals surface area contributed by atoms with Crippen LogP contribution in [-0.4, -0.2) is 142 Å². The van der Waals surface area contributed by atoms with E-state index in [2.05, 4.69) is 15.5 Å². The molecule has 0 aromatic heterocycles. The summed E-state index contributed by atoms with van der Waals surface area (Å²) in [5.74, 6) is -4.71. The highest BCUT2D eigenvalue weighted by molar-refractivity contribution is 8.01. The van der Waals surface area contributed by atoms with Crippen molar-refractivity contribution in [1.29, 1.82) is 0 Å². The average molecular weight is 753 g/mol. The lowest BCUT2D eigenvalue weighted by Crippen LogP contribution is -2.49. The maximum atomic E-state index is 13.7. The molecule has 18 heteroatoms. The molecule has 2 atom stereocenters. The Morgan fingerprint density at radius 3 is 2.18 bits per heavy atom. The highest BCUT2D eigenvalue weighted by Crippen LogP contribution is 2.22. The monoisotopic (exact) mass is 752 g/mol. The van der Waals surface area contributed by atoms with E-state index < -0.39 is 54.1 Å². The minimum Gasteiger partial charge on any atom is -0.480 e. The number of piperazine rings is 1. The molecular weight excluding hydrogens is 708 g/mol. The smallest absolute Gasteiger partial charge is 0.322 e. The summed E-state index contributed by atoms with van der Waals surface area (Å²) in [5.41, 5.74) is 7.32. The van der Waals surface area contributed by atoms with Gasteiger partial charge in [0, 0.05) is 74.3 Å². The Labute approximate surface area is 304 Å². The summed E-state index contributed by atoms with van der Waals surface area (Å²) in [7, 11) is 0. The van der Waals surface area contributed by atoms with Crippen LogP contribution in [0.25, 0.3) is 0 Å². The molecule has 2 aromatic carbocycles. The Hall–Kier alpha value is -4.26. The van der Waals surface area contributed by atoms with Gasteiger partial charge in [-0.05, 0) is 54.8 Å². The zero-order valence-electron chi connectivity index (χ0n) is 28.0. The van der Waals surface area contributed by atoms with Crippen LogP contribution in [0, 0.1) is 0 Å². The lowest BCUT2D eigenvalue weighted by Gasteiger charge is -2.35. The van der Waals surface area contributed by atoms with E-state index in [1.165, 1.54) is 10.5 Å². The largest absolute Gasteiger partial charge is 0.480 e. The molecular formula is C33H45ClN6O10S. The molecule has 51 heavy (non-hydrogen) atoms. The van der Waals surface area contributed by atoms with E-state index in [9.17, 15) is 33.9 Å². The van der Waals surface area contributed by atoms with Crippen molar-refractivity contribution in [2.75, 3.05) is 69.6 Å². The summed E-state index contributed by atoms with van der Waals surface area (Å²) in [6, 6.07) is 12.8. The summed E-state index contributed by atoms with van der Waals surface area (Å²) < 4.78 is 0. The van der Waals surface area contributed by atoms with Crippen LogP contribution in [-0.2, 0) is 30.4 Å². The first kappa shape index (κ1) is 42.9. The number of benzene rings is 2. The number of amides is 4. The van der Waals surface area contributed by atoms with Crippen LogP contribution < -0.4 is 21.3 Å². The molecule has 16 nitrogen and oxygen atoms in total. The normalized spacial score (nSPS) is 14.1. The molecule has 1 unspecified atom stereocenters. The van der Waals surface area contributed by atoms with E-state index in [0.717, 1.165) is 37.8 Å². The molecule has 9 N–H and O–H groups in total. The average Bonchev–Trinajstić information content (AvgIpc) is 3.11. The number of nitrogens with one attached hydrogen (secondary N) is 2. The number of carbonyl (C=O) groups is 6. The summed E-state index contributed by atoms with van der Waals surface area (Å²) in [5, 5.41) is 31.7. The van der Waals surface area contributed by atoms with Crippen LogP contribution in [0.2, 0.25) is 5.02 Å². The van der Waals surface area contributed by atoms with Gasteiger partial charge in [-0.1, -0.05) is 23.7 Å². The van der Waals surface area contributed by atoms with Crippen LogP contribution >= 0.6 is 23.4 Å². The number of aliphatic hydroxyl groups excluding tert-OH is 1. The highest BCUT2D eigenvalue weighted by Gasteiger charge is 2.32. The fraction of sp³-hybridized carbons (Fsp3) is 0.455. The molecule has 3 rings (SSSR count). The Morgan fingerprint density at radius 2 is 1.59 bits per heavy atom. The van der Waals surface area contributed by atoms with Gasteiger partial charge in [-0.2, -0.15) is 0 Å². The molecule has 4 amide bonds. The van der Waals surface area contributed by atoms with Crippen molar-refractivity contribution in [3.8, 4) is 0 Å². The van der Waals surface area contributed by atoms with Crippen LogP contribution in [0.1, 0.15) is 28.8 Å². The zero-order valence-corrected chi connectivity index (χ0v) is 29.5. The van der Waals surface area contributed by atoms with Gasteiger partial charge in [-0.15, -0.1) is 11.8 Å². The first-order valence-corrected chi connectivity index (χ1v) is 17.5. The minimum atomic E-state index is -1.43. The maximum absolute atomic E-state index is 13.7. The summed E-state index contributed by atoms with van der Waals surface area (Å²) >= 11 is 6.83. The van der Waals surface area contributed by atoms with E-state index in [0.29, 0.717) is 29.4 Å². The third-order valence-electron chi connectivity index (χ3n) is 7.89. The van der Waals surface area contributed by atoms with Crippen molar-refractivity contribution < 1.29 is 49.6 Å². The number of anilines is 1. The number of thioether (sulfide) groups is 1. The minimum absolute atomic E-state index is 0. The first-order chi connectivity index (χ1) is 23.9. The van der Waals surface area contributed by atoms with E-state index in [1.54, 1.807) is 29.2 Å². The summed E-state index contributed by atoms with van der Waals surface area (Å²) in [6.45, 7) is 2.08. The number of aliphatic carboxylic acids is 2. The van der Waals surface area contributed by atoms with E-state index in [-0.39, 0.29) is 43.1 Å². The molecule has 0 radical (unpaired) electrons. The number of hydrogen-bond donors (Lipinski definition) is 6. The van der Waals surface area contributed by atoms with Gasteiger partial charge in [0.2, 0.25) is 17.7 Å². The second kappa shape index (κ2) is 21.8. The van der Waals surface area contributed by atoms with Crippen LogP contribution in [0.5, 0.6) is 0 Å². The topological polar surface area (TPSA) is 254 Å². The number of hydrogen-bond acceptors (Lipinski definition) is 10. The third kappa shape index (κ3) is 14.1. The second-order valence-corrected chi connectivity index (χ2v) is 13.1. The van der Waals surface area contributed by atoms with Crippen LogP contribution in [0.3, 0.4) is 0 Å². The van der Waals surface area contributed by atoms with Crippen molar-refractivity contribution in [2.24, 2.45) is 5.73 Å². The van der Waals surface area contributed by atoms with Gasteiger partial charge in [-0.25, -0.2) is 0 Å². The van der Waals surface area contributed by atoms with E-state index in [1.807, 2.05) is 24.3 Å². The van der Waals surface area contributed by atoms with Crippen molar-refractivity contribution in [2.45, 2.75) is 30.6 Å². The first-order valence-electron chi connectivity index (χ1n) is 16.0. The predicted molar refractivity (Wildman–Crippen MR) is 192 cm³/mol. The molecule has 1 aliphatic rings. The Balaban J connectivity index is 0.00000901. The molecule has 0 bridgehead atoms. The SMILES string of the molecule is N[C@H](CCC(=O)NCCSC(C(=O)NCC(=O)O)C(=O)N(CCO)c1ccc(C(=O)N2CCN(CCc3ccc(Cl)cc3)CC2)cc1)C(=O)O.O. The number of carbonyl (C=O) groups excluding carboxylic acids is 4. The fourth-order valence-corrected chi connectivity index (χ4v) is 6.15.